The summed E-state index contributed by atoms with van der Waals surface area (Å²) in [4.78, 5) is 27.1. The summed E-state index contributed by atoms with van der Waals surface area (Å²) >= 11 is 0. The Labute approximate surface area is 192 Å². The highest BCUT2D eigenvalue weighted by Crippen LogP contribution is 2.24. The largest absolute Gasteiger partial charge is 0.490 e. The van der Waals surface area contributed by atoms with Gasteiger partial charge in [0.1, 0.15) is 23.8 Å². The summed E-state index contributed by atoms with van der Waals surface area (Å²) in [7, 11) is 0. The van der Waals surface area contributed by atoms with Gasteiger partial charge in [-0.1, -0.05) is 0 Å². The third-order valence-corrected chi connectivity index (χ3v) is 5.49. The maximum absolute atomic E-state index is 13.1. The molecule has 172 valence electrons. The summed E-state index contributed by atoms with van der Waals surface area (Å²) in [6.07, 6.45) is 1.30. The number of benzene rings is 2. The van der Waals surface area contributed by atoms with Crippen LogP contribution in [-0.4, -0.2) is 55.3 Å². The van der Waals surface area contributed by atoms with Crippen molar-refractivity contribution < 1.29 is 23.5 Å². The summed E-state index contributed by atoms with van der Waals surface area (Å²) in [6.45, 7) is 4.33. The van der Waals surface area contributed by atoms with Crippen LogP contribution in [0.4, 0.5) is 20.6 Å². The van der Waals surface area contributed by atoms with Gasteiger partial charge < -0.3 is 14.8 Å². The number of nitrogens with zero attached hydrogens (tertiary/aromatic N) is 2. The fourth-order valence-electron chi connectivity index (χ4n) is 3.96. The van der Waals surface area contributed by atoms with Crippen LogP contribution in [0.15, 0.2) is 48.5 Å². The van der Waals surface area contributed by atoms with Crippen LogP contribution < -0.4 is 15.0 Å². The molecule has 32 heavy (non-hydrogen) atoms. The standard InChI is InChI=1S/C23H26FN3O4.ClH/c1-16(28)25-18-4-8-20(9-5-18)30-21-10-12-26(13-11-21)14-22-15-27(23(29)31-22)19-6-2-17(24)3-7-19;/h2-9,21-22H,10-15H2,1H3,(H,25,28);1H/t22-;/m0./s1. The van der Waals surface area contributed by atoms with E-state index in [-0.39, 0.29) is 36.3 Å². The molecular formula is C23H27ClFN3O4. The molecule has 0 bridgehead atoms. The Balaban J connectivity index is 0.00000289. The molecule has 1 atom stereocenters. The van der Waals surface area contributed by atoms with Crippen LogP contribution in [0.2, 0.25) is 0 Å². The number of carbonyl (C=O) groups is 2. The van der Waals surface area contributed by atoms with Gasteiger partial charge in [0, 0.05) is 37.9 Å². The average Bonchev–Trinajstić information content (AvgIpc) is 3.11. The Bertz CT molecular complexity index is 918. The van der Waals surface area contributed by atoms with Crippen molar-refractivity contribution in [1.82, 2.24) is 4.90 Å². The Morgan fingerprint density at radius 3 is 2.41 bits per heavy atom. The SMILES string of the molecule is CC(=O)Nc1ccc(OC2CCN(C[C@H]3CN(c4ccc(F)cc4)C(=O)O3)CC2)cc1.Cl. The number of amides is 2. The number of halogens is 2. The molecule has 2 aliphatic rings. The van der Waals surface area contributed by atoms with Gasteiger partial charge in [-0.25, -0.2) is 9.18 Å². The smallest absolute Gasteiger partial charge is 0.414 e. The normalized spacial score (nSPS) is 19.2. The highest BCUT2D eigenvalue weighted by Gasteiger charge is 2.34. The number of hydrogen-bond donors (Lipinski definition) is 1. The second kappa shape index (κ2) is 10.7. The zero-order chi connectivity index (χ0) is 21.8. The number of ether oxygens (including phenoxy) is 2. The van der Waals surface area contributed by atoms with Crippen molar-refractivity contribution in [2.45, 2.75) is 32.0 Å². The Morgan fingerprint density at radius 2 is 1.78 bits per heavy atom. The molecular weight excluding hydrogens is 437 g/mol. The molecule has 2 amide bonds. The van der Waals surface area contributed by atoms with Gasteiger partial charge in [-0.05, 0) is 61.4 Å². The first-order valence-electron chi connectivity index (χ1n) is 10.5. The third-order valence-electron chi connectivity index (χ3n) is 5.49. The van der Waals surface area contributed by atoms with E-state index >= 15 is 0 Å². The molecule has 1 N–H and O–H groups in total. The fourth-order valence-corrected chi connectivity index (χ4v) is 3.96. The van der Waals surface area contributed by atoms with Crippen LogP contribution in [0.5, 0.6) is 5.75 Å². The van der Waals surface area contributed by atoms with Gasteiger partial charge in [0.05, 0.1) is 6.54 Å². The van der Waals surface area contributed by atoms with Crippen LogP contribution in [-0.2, 0) is 9.53 Å². The lowest BCUT2D eigenvalue weighted by Crippen LogP contribution is -2.42. The molecule has 2 saturated heterocycles. The van der Waals surface area contributed by atoms with Crippen molar-refractivity contribution >= 4 is 35.8 Å². The van der Waals surface area contributed by atoms with Gasteiger partial charge in [-0.15, -0.1) is 12.4 Å². The second-order valence-electron chi connectivity index (χ2n) is 7.92. The lowest BCUT2D eigenvalue weighted by atomic mass is 10.1. The summed E-state index contributed by atoms with van der Waals surface area (Å²) in [6, 6.07) is 13.2. The van der Waals surface area contributed by atoms with Crippen LogP contribution in [0.3, 0.4) is 0 Å². The predicted molar refractivity (Wildman–Crippen MR) is 122 cm³/mol. The van der Waals surface area contributed by atoms with Crippen molar-refractivity contribution in [2.75, 3.05) is 36.4 Å². The Kier molecular flexibility index (Phi) is 7.93. The minimum atomic E-state index is -0.391. The van der Waals surface area contributed by atoms with E-state index in [9.17, 15) is 14.0 Å². The number of rotatable bonds is 6. The third kappa shape index (κ3) is 6.11. The minimum absolute atomic E-state index is 0. The molecule has 0 spiro atoms. The van der Waals surface area contributed by atoms with Crippen molar-refractivity contribution in [3.05, 3.63) is 54.3 Å². The highest BCUT2D eigenvalue weighted by atomic mass is 35.5. The fraction of sp³-hybridized carbons (Fsp3) is 0.391. The zero-order valence-corrected chi connectivity index (χ0v) is 18.6. The maximum atomic E-state index is 13.1. The number of carbonyl (C=O) groups excluding carboxylic acids is 2. The van der Waals surface area contributed by atoms with Crippen LogP contribution >= 0.6 is 12.4 Å². The summed E-state index contributed by atoms with van der Waals surface area (Å²) in [5, 5.41) is 2.74. The van der Waals surface area contributed by atoms with E-state index in [4.69, 9.17) is 9.47 Å². The zero-order valence-electron chi connectivity index (χ0n) is 17.8. The monoisotopic (exact) mass is 463 g/mol. The number of likely N-dealkylation sites (tertiary alicyclic amines) is 1. The van der Waals surface area contributed by atoms with Gasteiger partial charge in [0.15, 0.2) is 0 Å². The molecule has 4 rings (SSSR count). The lowest BCUT2D eigenvalue weighted by molar-refractivity contribution is -0.114. The molecule has 2 aromatic carbocycles. The van der Waals surface area contributed by atoms with Crippen molar-refractivity contribution in [3.63, 3.8) is 0 Å². The molecule has 0 unspecified atom stereocenters. The Hall–Kier alpha value is -2.84. The predicted octanol–water partition coefficient (Wildman–Crippen LogP) is 4.07. The molecule has 0 aliphatic carbocycles. The molecule has 9 heteroatoms. The van der Waals surface area contributed by atoms with Crippen LogP contribution in [0.25, 0.3) is 0 Å². The molecule has 7 nitrogen and oxygen atoms in total. The van der Waals surface area contributed by atoms with Gasteiger partial charge in [0.2, 0.25) is 5.91 Å². The first kappa shape index (κ1) is 23.8. The minimum Gasteiger partial charge on any atom is -0.490 e. The maximum Gasteiger partial charge on any atom is 0.414 e. The van der Waals surface area contributed by atoms with Crippen LogP contribution in [0.1, 0.15) is 19.8 Å². The number of piperidine rings is 1. The van der Waals surface area contributed by atoms with E-state index in [1.54, 1.807) is 17.0 Å². The number of nitrogens with one attached hydrogen (secondary N) is 1. The molecule has 0 aromatic heterocycles. The van der Waals surface area contributed by atoms with E-state index < -0.39 is 6.09 Å². The highest BCUT2D eigenvalue weighted by molar-refractivity contribution is 5.89. The summed E-state index contributed by atoms with van der Waals surface area (Å²) < 4.78 is 24.7. The summed E-state index contributed by atoms with van der Waals surface area (Å²) in [5.74, 6) is 0.351. The molecule has 0 radical (unpaired) electrons. The first-order valence-corrected chi connectivity index (χ1v) is 10.5. The van der Waals surface area contributed by atoms with Crippen molar-refractivity contribution in [1.29, 1.82) is 0 Å². The number of hydrogen-bond acceptors (Lipinski definition) is 5. The second-order valence-corrected chi connectivity index (χ2v) is 7.92. The molecule has 2 aliphatic heterocycles. The molecule has 2 aromatic rings. The van der Waals surface area contributed by atoms with E-state index in [0.717, 1.165) is 37.4 Å². The molecule has 2 heterocycles. The quantitative estimate of drug-likeness (QED) is 0.699. The summed E-state index contributed by atoms with van der Waals surface area (Å²) in [5.41, 5.74) is 1.39. The lowest BCUT2D eigenvalue weighted by Gasteiger charge is -2.33. The topological polar surface area (TPSA) is 71.1 Å². The van der Waals surface area contributed by atoms with E-state index in [0.29, 0.717) is 18.8 Å². The van der Waals surface area contributed by atoms with E-state index in [1.807, 2.05) is 24.3 Å². The van der Waals surface area contributed by atoms with Gasteiger partial charge in [0.25, 0.3) is 0 Å². The molecule has 0 saturated carbocycles. The van der Waals surface area contributed by atoms with Gasteiger partial charge in [-0.3, -0.25) is 14.6 Å². The van der Waals surface area contributed by atoms with Gasteiger partial charge in [-0.2, -0.15) is 0 Å². The number of anilines is 2. The van der Waals surface area contributed by atoms with Crippen molar-refractivity contribution in [2.24, 2.45) is 0 Å². The van der Waals surface area contributed by atoms with E-state index in [2.05, 4.69) is 10.2 Å². The van der Waals surface area contributed by atoms with E-state index in [1.165, 1.54) is 19.1 Å². The first-order chi connectivity index (χ1) is 15.0. The molecule has 2 fully saturated rings. The Morgan fingerprint density at radius 1 is 1.12 bits per heavy atom. The number of cyclic esters (lactones) is 1. The van der Waals surface area contributed by atoms with Crippen LogP contribution in [0, 0.1) is 5.82 Å². The van der Waals surface area contributed by atoms with Crippen molar-refractivity contribution in [3.8, 4) is 5.75 Å². The van der Waals surface area contributed by atoms with Gasteiger partial charge >= 0.3 is 6.09 Å². The average molecular weight is 464 g/mol.